The first-order valence-corrected chi connectivity index (χ1v) is 5.73. The number of nitrogens with zero attached hydrogens (tertiary/aromatic N) is 2. The normalized spacial score (nSPS) is 12.5. The fourth-order valence-electron chi connectivity index (χ4n) is 1.62. The van der Waals surface area contributed by atoms with Gasteiger partial charge in [0, 0.05) is 28.0 Å². The first kappa shape index (κ1) is 12.0. The van der Waals surface area contributed by atoms with Crippen LogP contribution in [0.2, 0.25) is 5.02 Å². The lowest BCUT2D eigenvalue weighted by Crippen LogP contribution is -2.01. The minimum Gasteiger partial charge on any atom is -0.389 e. The van der Waals surface area contributed by atoms with E-state index in [4.69, 9.17) is 11.6 Å². The highest BCUT2D eigenvalue weighted by molar-refractivity contribution is 6.30. The van der Waals surface area contributed by atoms with Crippen LogP contribution in [0.15, 0.2) is 30.5 Å². The Morgan fingerprint density at radius 3 is 2.41 bits per heavy atom. The van der Waals surface area contributed by atoms with Crippen molar-refractivity contribution < 1.29 is 5.11 Å². The highest BCUT2D eigenvalue weighted by Crippen LogP contribution is 2.21. The molecule has 3 nitrogen and oxygen atoms in total. The van der Waals surface area contributed by atoms with Crippen molar-refractivity contribution in [3.63, 3.8) is 0 Å². The van der Waals surface area contributed by atoms with Gasteiger partial charge in [0.05, 0.1) is 6.10 Å². The standard InChI is InChI=1S/C13H13ClN2O/c1-8-12(9(2)17)7-15-13(16-8)10-3-5-11(14)6-4-10/h3-7,9,17H,1-2H3. The minimum absolute atomic E-state index is 0.547. The molecule has 4 heteroatoms. The Kier molecular flexibility index (Phi) is 3.41. The highest BCUT2D eigenvalue weighted by Gasteiger charge is 2.09. The number of aryl methyl sites for hydroxylation is 1. The Labute approximate surface area is 105 Å². The maximum absolute atomic E-state index is 9.50. The van der Waals surface area contributed by atoms with Crippen LogP contribution in [0.25, 0.3) is 11.4 Å². The first-order valence-electron chi connectivity index (χ1n) is 5.35. The van der Waals surface area contributed by atoms with Crippen LogP contribution >= 0.6 is 11.6 Å². The minimum atomic E-state index is -0.547. The van der Waals surface area contributed by atoms with E-state index in [0.717, 1.165) is 16.8 Å². The van der Waals surface area contributed by atoms with Crippen molar-refractivity contribution in [3.05, 3.63) is 46.7 Å². The van der Waals surface area contributed by atoms with E-state index in [-0.39, 0.29) is 0 Å². The Morgan fingerprint density at radius 1 is 1.24 bits per heavy atom. The van der Waals surface area contributed by atoms with Gasteiger partial charge in [-0.3, -0.25) is 0 Å². The molecule has 1 unspecified atom stereocenters. The van der Waals surface area contributed by atoms with Gasteiger partial charge in [-0.25, -0.2) is 9.97 Å². The molecule has 88 valence electrons. The largest absolute Gasteiger partial charge is 0.389 e. The molecule has 0 saturated carbocycles. The van der Waals surface area contributed by atoms with E-state index in [1.165, 1.54) is 0 Å². The summed E-state index contributed by atoms with van der Waals surface area (Å²) in [6.45, 7) is 3.57. The second-order valence-electron chi connectivity index (χ2n) is 3.92. The van der Waals surface area contributed by atoms with Gasteiger partial charge < -0.3 is 5.11 Å². The molecule has 0 saturated heterocycles. The summed E-state index contributed by atoms with van der Waals surface area (Å²) in [6.07, 6.45) is 1.12. The van der Waals surface area contributed by atoms with Crippen LogP contribution in [0.5, 0.6) is 0 Å². The summed E-state index contributed by atoms with van der Waals surface area (Å²) in [7, 11) is 0. The third kappa shape index (κ3) is 2.62. The molecular formula is C13H13ClN2O. The summed E-state index contributed by atoms with van der Waals surface area (Å²) < 4.78 is 0. The molecule has 0 radical (unpaired) electrons. The Bertz CT molecular complexity index is 523. The third-order valence-corrected chi connectivity index (χ3v) is 2.82. The molecule has 1 aromatic carbocycles. The van der Waals surface area contributed by atoms with Gasteiger partial charge in [-0.1, -0.05) is 11.6 Å². The van der Waals surface area contributed by atoms with Gasteiger partial charge in [0.1, 0.15) is 0 Å². The lowest BCUT2D eigenvalue weighted by Gasteiger charge is -2.09. The van der Waals surface area contributed by atoms with E-state index in [1.807, 2.05) is 19.1 Å². The van der Waals surface area contributed by atoms with Crippen LogP contribution in [0.4, 0.5) is 0 Å². The summed E-state index contributed by atoms with van der Waals surface area (Å²) in [5.74, 6) is 0.642. The number of halogens is 1. The van der Waals surface area contributed by atoms with Crippen LogP contribution in [0, 0.1) is 6.92 Å². The number of aliphatic hydroxyl groups is 1. The van der Waals surface area contributed by atoms with Crippen LogP contribution in [0.1, 0.15) is 24.3 Å². The second-order valence-corrected chi connectivity index (χ2v) is 4.35. The Hall–Kier alpha value is -1.45. The van der Waals surface area contributed by atoms with Gasteiger partial charge in [-0.05, 0) is 38.1 Å². The van der Waals surface area contributed by atoms with Crippen LogP contribution < -0.4 is 0 Å². The van der Waals surface area contributed by atoms with Crippen molar-refractivity contribution in [2.75, 3.05) is 0 Å². The quantitative estimate of drug-likeness (QED) is 0.888. The van der Waals surface area contributed by atoms with Crippen molar-refractivity contribution in [1.29, 1.82) is 0 Å². The van der Waals surface area contributed by atoms with Gasteiger partial charge in [-0.15, -0.1) is 0 Å². The molecule has 2 rings (SSSR count). The third-order valence-electron chi connectivity index (χ3n) is 2.57. The van der Waals surface area contributed by atoms with Crippen molar-refractivity contribution >= 4 is 11.6 Å². The molecule has 0 bridgehead atoms. The van der Waals surface area contributed by atoms with E-state index in [0.29, 0.717) is 10.8 Å². The van der Waals surface area contributed by atoms with Crippen LogP contribution in [0.3, 0.4) is 0 Å². The monoisotopic (exact) mass is 248 g/mol. The van der Waals surface area contributed by atoms with Gasteiger partial charge >= 0.3 is 0 Å². The lowest BCUT2D eigenvalue weighted by atomic mass is 10.1. The summed E-state index contributed by atoms with van der Waals surface area (Å²) in [5, 5.41) is 10.2. The highest BCUT2D eigenvalue weighted by atomic mass is 35.5. The van der Waals surface area contributed by atoms with Crippen molar-refractivity contribution in [3.8, 4) is 11.4 Å². The molecule has 1 N–H and O–H groups in total. The van der Waals surface area contributed by atoms with Gasteiger partial charge in [-0.2, -0.15) is 0 Å². The summed E-state index contributed by atoms with van der Waals surface area (Å²) in [4.78, 5) is 8.63. The molecule has 1 atom stereocenters. The maximum atomic E-state index is 9.50. The number of hydrogen-bond donors (Lipinski definition) is 1. The number of hydrogen-bond acceptors (Lipinski definition) is 3. The first-order chi connectivity index (χ1) is 8.08. The van der Waals surface area contributed by atoms with E-state index >= 15 is 0 Å². The Morgan fingerprint density at radius 2 is 1.88 bits per heavy atom. The Balaban J connectivity index is 2.41. The molecule has 2 aromatic rings. The number of benzene rings is 1. The van der Waals surface area contributed by atoms with Gasteiger partial charge in [0.15, 0.2) is 5.82 Å². The number of aliphatic hydroxyl groups excluding tert-OH is 1. The van der Waals surface area contributed by atoms with E-state index in [9.17, 15) is 5.11 Å². The van der Waals surface area contributed by atoms with Crippen LogP contribution in [-0.2, 0) is 0 Å². The average molecular weight is 249 g/mol. The topological polar surface area (TPSA) is 46.0 Å². The maximum Gasteiger partial charge on any atom is 0.159 e. The molecule has 0 fully saturated rings. The molecular weight excluding hydrogens is 236 g/mol. The number of aromatic nitrogens is 2. The zero-order valence-corrected chi connectivity index (χ0v) is 10.4. The predicted molar refractivity (Wildman–Crippen MR) is 67.8 cm³/mol. The molecule has 0 aliphatic heterocycles. The molecule has 0 aliphatic rings. The van der Waals surface area contributed by atoms with Crippen molar-refractivity contribution in [2.24, 2.45) is 0 Å². The smallest absolute Gasteiger partial charge is 0.159 e. The zero-order chi connectivity index (χ0) is 12.4. The van der Waals surface area contributed by atoms with E-state index < -0.39 is 6.10 Å². The lowest BCUT2D eigenvalue weighted by molar-refractivity contribution is 0.197. The molecule has 0 spiro atoms. The van der Waals surface area contributed by atoms with Gasteiger partial charge in [0.2, 0.25) is 0 Å². The van der Waals surface area contributed by atoms with Crippen molar-refractivity contribution in [1.82, 2.24) is 9.97 Å². The summed E-state index contributed by atoms with van der Waals surface area (Å²) in [5.41, 5.74) is 2.46. The van der Waals surface area contributed by atoms with E-state index in [1.54, 1.807) is 25.3 Å². The zero-order valence-electron chi connectivity index (χ0n) is 9.68. The van der Waals surface area contributed by atoms with Crippen LogP contribution in [-0.4, -0.2) is 15.1 Å². The second kappa shape index (κ2) is 4.82. The molecule has 1 heterocycles. The predicted octanol–water partition coefficient (Wildman–Crippen LogP) is 3.16. The number of rotatable bonds is 2. The van der Waals surface area contributed by atoms with Gasteiger partial charge in [0.25, 0.3) is 0 Å². The van der Waals surface area contributed by atoms with Crippen molar-refractivity contribution in [2.45, 2.75) is 20.0 Å². The molecule has 1 aromatic heterocycles. The molecule has 0 amide bonds. The molecule has 0 aliphatic carbocycles. The average Bonchev–Trinajstić information content (AvgIpc) is 2.29. The summed E-state index contributed by atoms with van der Waals surface area (Å²) in [6, 6.07) is 7.36. The molecule has 17 heavy (non-hydrogen) atoms. The fraction of sp³-hybridized carbons (Fsp3) is 0.231. The summed E-state index contributed by atoms with van der Waals surface area (Å²) >= 11 is 5.82. The fourth-order valence-corrected chi connectivity index (χ4v) is 1.75. The van der Waals surface area contributed by atoms with E-state index in [2.05, 4.69) is 9.97 Å². The SMILES string of the molecule is Cc1nc(-c2ccc(Cl)cc2)ncc1C(C)O.